The highest BCUT2D eigenvalue weighted by molar-refractivity contribution is 6.02. The van der Waals surface area contributed by atoms with E-state index in [0.717, 1.165) is 6.42 Å². The number of ketones is 1. The Morgan fingerprint density at radius 2 is 1.77 bits per heavy atom. The molecular weight excluding hydrogens is 288 g/mol. The summed E-state index contributed by atoms with van der Waals surface area (Å²) in [5.41, 5.74) is -1.40. The van der Waals surface area contributed by atoms with E-state index in [9.17, 15) is 14.4 Å². The molecule has 122 valence electrons. The van der Waals surface area contributed by atoms with Crippen LogP contribution < -0.4 is 0 Å². The van der Waals surface area contributed by atoms with Crippen LogP contribution in [-0.2, 0) is 28.6 Å². The van der Waals surface area contributed by atoms with Crippen molar-refractivity contribution in [3.05, 3.63) is 0 Å². The predicted molar refractivity (Wildman–Crippen MR) is 74.7 cm³/mol. The van der Waals surface area contributed by atoms with Gasteiger partial charge in [0.2, 0.25) is 0 Å². The number of ether oxygens (including phenoxy) is 3. The van der Waals surface area contributed by atoms with Crippen LogP contribution in [0.1, 0.15) is 25.7 Å². The van der Waals surface area contributed by atoms with E-state index in [2.05, 4.69) is 0 Å². The fourth-order valence-electron chi connectivity index (χ4n) is 4.92. The highest BCUT2D eigenvalue weighted by Crippen LogP contribution is 2.57. The van der Waals surface area contributed by atoms with Gasteiger partial charge in [0.15, 0.2) is 5.41 Å². The molecule has 4 atom stereocenters. The van der Waals surface area contributed by atoms with Crippen molar-refractivity contribution >= 4 is 17.7 Å². The van der Waals surface area contributed by atoms with Crippen LogP contribution in [0.5, 0.6) is 0 Å². The summed E-state index contributed by atoms with van der Waals surface area (Å²) < 4.78 is 15.8. The van der Waals surface area contributed by atoms with Crippen molar-refractivity contribution < 1.29 is 28.6 Å². The zero-order chi connectivity index (χ0) is 15.9. The van der Waals surface area contributed by atoms with Gasteiger partial charge in [-0.15, -0.1) is 0 Å². The van der Waals surface area contributed by atoms with E-state index < -0.39 is 17.4 Å². The van der Waals surface area contributed by atoms with Gasteiger partial charge in [-0.2, -0.15) is 0 Å². The standard InChI is InChI=1S/C16H22O6/c1-20-14(18)16(15(19)21-2)10-4-6-12(17)11-5-3-9(13(11)16)7-22-8-10/h9-11,13H,3-8H2,1-2H3. The summed E-state index contributed by atoms with van der Waals surface area (Å²) in [7, 11) is 2.57. The molecule has 3 rings (SSSR count). The topological polar surface area (TPSA) is 78.9 Å². The summed E-state index contributed by atoms with van der Waals surface area (Å²) in [6.45, 7) is 0.776. The number of hydrogen-bond donors (Lipinski definition) is 0. The molecule has 0 amide bonds. The number of methoxy groups -OCH3 is 2. The summed E-state index contributed by atoms with van der Waals surface area (Å²) in [5, 5.41) is 0. The summed E-state index contributed by atoms with van der Waals surface area (Å²) in [6, 6.07) is 0. The fourth-order valence-corrected chi connectivity index (χ4v) is 4.92. The Kier molecular flexibility index (Phi) is 3.97. The number of rotatable bonds is 2. The molecule has 22 heavy (non-hydrogen) atoms. The van der Waals surface area contributed by atoms with E-state index in [0.29, 0.717) is 25.9 Å². The maximum absolute atomic E-state index is 12.7. The van der Waals surface area contributed by atoms with E-state index >= 15 is 0 Å². The number of carbonyl (C=O) groups excluding carboxylic acids is 3. The number of carbonyl (C=O) groups is 3. The first kappa shape index (κ1) is 15.5. The zero-order valence-corrected chi connectivity index (χ0v) is 13.0. The number of hydrogen-bond acceptors (Lipinski definition) is 6. The second kappa shape index (κ2) is 5.65. The Balaban J connectivity index is 2.20. The SMILES string of the molecule is COC(=O)C1(C(=O)OC)C2CCC(=O)C3CCC(COC2)C31. The molecule has 0 aromatic rings. The molecule has 4 unspecified atom stereocenters. The van der Waals surface area contributed by atoms with Gasteiger partial charge < -0.3 is 14.2 Å². The Morgan fingerprint density at radius 3 is 2.41 bits per heavy atom. The van der Waals surface area contributed by atoms with Gasteiger partial charge in [-0.1, -0.05) is 0 Å². The predicted octanol–water partition coefficient (Wildman–Crippen LogP) is 0.970. The highest BCUT2D eigenvalue weighted by atomic mass is 16.5. The molecule has 1 aliphatic heterocycles. The van der Waals surface area contributed by atoms with Crippen LogP contribution >= 0.6 is 0 Å². The Morgan fingerprint density at radius 1 is 1.09 bits per heavy atom. The van der Waals surface area contributed by atoms with Crippen molar-refractivity contribution in [2.75, 3.05) is 27.4 Å². The largest absolute Gasteiger partial charge is 0.468 e. The van der Waals surface area contributed by atoms with Crippen LogP contribution in [-0.4, -0.2) is 45.2 Å². The van der Waals surface area contributed by atoms with E-state index in [4.69, 9.17) is 14.2 Å². The van der Waals surface area contributed by atoms with Gasteiger partial charge in [-0.25, -0.2) is 0 Å². The Bertz CT molecular complexity index is 483. The van der Waals surface area contributed by atoms with Crippen molar-refractivity contribution in [1.82, 2.24) is 0 Å². The van der Waals surface area contributed by atoms with Crippen molar-refractivity contribution in [3.63, 3.8) is 0 Å². The summed E-state index contributed by atoms with van der Waals surface area (Å²) >= 11 is 0. The minimum absolute atomic E-state index is 0.0234. The van der Waals surface area contributed by atoms with E-state index in [1.54, 1.807) is 0 Å². The van der Waals surface area contributed by atoms with Crippen molar-refractivity contribution in [2.45, 2.75) is 25.7 Å². The highest BCUT2D eigenvalue weighted by Gasteiger charge is 2.67. The van der Waals surface area contributed by atoms with Gasteiger partial charge in [-0.3, -0.25) is 14.4 Å². The second-order valence-corrected chi connectivity index (χ2v) is 6.56. The average molecular weight is 310 g/mol. The lowest BCUT2D eigenvalue weighted by atomic mass is 9.61. The number of fused-ring (bicyclic) bond motifs is 1. The van der Waals surface area contributed by atoms with Crippen LogP contribution in [0.15, 0.2) is 0 Å². The van der Waals surface area contributed by atoms with Crippen LogP contribution in [0.2, 0.25) is 0 Å². The normalized spacial score (nSPS) is 36.2. The Hall–Kier alpha value is -1.43. The first-order valence-electron chi connectivity index (χ1n) is 7.84. The fraction of sp³-hybridized carbons (Fsp3) is 0.812. The maximum atomic E-state index is 12.7. The number of Topliss-reactive ketones (excluding diaryl/α,β-unsaturated/α-hetero) is 1. The molecule has 0 aromatic carbocycles. The quantitative estimate of drug-likeness (QED) is 0.558. The average Bonchev–Trinajstić information content (AvgIpc) is 2.81. The minimum Gasteiger partial charge on any atom is -0.468 e. The molecule has 2 bridgehead atoms. The molecule has 0 radical (unpaired) electrons. The number of esters is 2. The van der Waals surface area contributed by atoms with Gasteiger partial charge in [0, 0.05) is 30.8 Å². The molecule has 6 nitrogen and oxygen atoms in total. The lowest BCUT2D eigenvalue weighted by Gasteiger charge is -2.39. The lowest BCUT2D eigenvalue weighted by Crippen LogP contribution is -2.54. The molecule has 3 aliphatic rings. The first-order chi connectivity index (χ1) is 10.6. The van der Waals surface area contributed by atoms with Gasteiger partial charge in [-0.05, 0) is 25.2 Å². The van der Waals surface area contributed by atoms with Crippen molar-refractivity contribution in [2.24, 2.45) is 29.1 Å². The third kappa shape index (κ3) is 1.93. The minimum atomic E-state index is -1.40. The molecule has 0 aromatic heterocycles. The maximum Gasteiger partial charge on any atom is 0.323 e. The smallest absolute Gasteiger partial charge is 0.323 e. The van der Waals surface area contributed by atoms with Gasteiger partial charge >= 0.3 is 11.9 Å². The Labute approximate surface area is 129 Å². The lowest BCUT2D eigenvalue weighted by molar-refractivity contribution is -0.181. The summed E-state index contributed by atoms with van der Waals surface area (Å²) in [4.78, 5) is 38.0. The van der Waals surface area contributed by atoms with E-state index in [1.165, 1.54) is 14.2 Å². The third-order valence-corrected chi connectivity index (χ3v) is 5.81. The van der Waals surface area contributed by atoms with Crippen LogP contribution in [0.3, 0.4) is 0 Å². The van der Waals surface area contributed by atoms with Crippen LogP contribution in [0, 0.1) is 29.1 Å². The summed E-state index contributed by atoms with van der Waals surface area (Å²) in [5.74, 6) is -1.97. The van der Waals surface area contributed by atoms with Crippen LogP contribution in [0.4, 0.5) is 0 Å². The summed E-state index contributed by atoms with van der Waals surface area (Å²) in [6.07, 6.45) is 2.35. The molecule has 1 saturated heterocycles. The van der Waals surface area contributed by atoms with E-state index in [-0.39, 0.29) is 36.1 Å². The molecule has 1 heterocycles. The molecule has 2 aliphatic carbocycles. The van der Waals surface area contributed by atoms with Gasteiger partial charge in [0.25, 0.3) is 0 Å². The molecule has 0 spiro atoms. The third-order valence-electron chi connectivity index (χ3n) is 5.81. The van der Waals surface area contributed by atoms with E-state index in [1.807, 2.05) is 0 Å². The van der Waals surface area contributed by atoms with Crippen LogP contribution in [0.25, 0.3) is 0 Å². The van der Waals surface area contributed by atoms with Gasteiger partial charge in [0.1, 0.15) is 5.78 Å². The molecule has 2 saturated carbocycles. The van der Waals surface area contributed by atoms with Crippen molar-refractivity contribution in [3.8, 4) is 0 Å². The first-order valence-corrected chi connectivity index (χ1v) is 7.84. The second-order valence-electron chi connectivity index (χ2n) is 6.56. The molecule has 6 heteroatoms. The molecule has 3 fully saturated rings. The molecule has 0 N–H and O–H groups in total. The zero-order valence-electron chi connectivity index (χ0n) is 13.0. The monoisotopic (exact) mass is 310 g/mol. The molecular formula is C16H22O6. The van der Waals surface area contributed by atoms with Crippen molar-refractivity contribution in [1.29, 1.82) is 0 Å². The van der Waals surface area contributed by atoms with Gasteiger partial charge in [0.05, 0.1) is 20.8 Å².